The van der Waals surface area contributed by atoms with E-state index in [1.54, 1.807) is 24.5 Å². The highest BCUT2D eigenvalue weighted by molar-refractivity contribution is 7.10. The van der Waals surface area contributed by atoms with Crippen LogP contribution >= 0.6 is 11.3 Å². The summed E-state index contributed by atoms with van der Waals surface area (Å²) >= 11 is 1.74. The van der Waals surface area contributed by atoms with Gasteiger partial charge in [-0.25, -0.2) is 0 Å². The van der Waals surface area contributed by atoms with Crippen molar-refractivity contribution in [3.63, 3.8) is 0 Å². The van der Waals surface area contributed by atoms with Crippen LogP contribution in [-0.2, 0) is 13.1 Å². The van der Waals surface area contributed by atoms with Crippen LogP contribution < -0.4 is 15.8 Å². The molecule has 1 aromatic carbocycles. The molecule has 0 unspecified atom stereocenters. The molecule has 1 aromatic heterocycles. The molecular formula is C15H19N3O2S. The molecule has 4 N–H and O–H groups in total. The van der Waals surface area contributed by atoms with Crippen molar-refractivity contribution in [3.05, 3.63) is 51.2 Å². The quantitative estimate of drug-likeness (QED) is 0.331. The van der Waals surface area contributed by atoms with Gasteiger partial charge in [-0.15, -0.1) is 11.3 Å². The molecule has 0 spiro atoms. The number of rotatable bonds is 6. The van der Waals surface area contributed by atoms with E-state index in [1.807, 2.05) is 12.1 Å². The zero-order chi connectivity index (χ0) is 15.2. The lowest BCUT2D eigenvalue weighted by Crippen LogP contribution is -2.16. The number of nitrogens with one attached hydrogen (secondary N) is 1. The summed E-state index contributed by atoms with van der Waals surface area (Å²) in [5.74, 6) is 0.868. The molecule has 0 aliphatic rings. The first-order valence-electron chi connectivity index (χ1n) is 6.54. The number of hydrogen-bond donors (Lipinski definition) is 3. The Labute approximate surface area is 128 Å². The molecule has 6 heteroatoms. The van der Waals surface area contributed by atoms with Gasteiger partial charge >= 0.3 is 0 Å². The van der Waals surface area contributed by atoms with Crippen LogP contribution in [0.1, 0.15) is 21.6 Å². The van der Waals surface area contributed by atoms with Gasteiger partial charge in [0.15, 0.2) is 5.84 Å². The van der Waals surface area contributed by atoms with Crippen molar-refractivity contribution in [1.29, 1.82) is 0 Å². The average molecular weight is 305 g/mol. The summed E-state index contributed by atoms with van der Waals surface area (Å²) in [5, 5.41) is 17.3. The molecule has 21 heavy (non-hydrogen) atoms. The molecule has 0 fully saturated rings. The maximum atomic E-state index is 8.75. The number of methoxy groups -OCH3 is 1. The van der Waals surface area contributed by atoms with Crippen LogP contribution in [0, 0.1) is 6.92 Å². The number of hydrogen-bond acceptors (Lipinski definition) is 5. The smallest absolute Gasteiger partial charge is 0.170 e. The van der Waals surface area contributed by atoms with Crippen LogP contribution in [0.25, 0.3) is 0 Å². The molecule has 0 aliphatic heterocycles. The van der Waals surface area contributed by atoms with Crippen molar-refractivity contribution in [1.82, 2.24) is 5.32 Å². The van der Waals surface area contributed by atoms with Crippen LogP contribution in [0.2, 0.25) is 0 Å². The van der Waals surface area contributed by atoms with Gasteiger partial charge in [0.1, 0.15) is 5.75 Å². The second-order valence-electron chi connectivity index (χ2n) is 4.64. The summed E-state index contributed by atoms with van der Waals surface area (Å²) in [5.41, 5.74) is 8.55. The third kappa shape index (κ3) is 3.74. The van der Waals surface area contributed by atoms with E-state index in [0.717, 1.165) is 17.9 Å². The maximum Gasteiger partial charge on any atom is 0.170 e. The number of amidine groups is 1. The number of nitrogens with zero attached hydrogens (tertiary/aromatic N) is 1. The highest BCUT2D eigenvalue weighted by atomic mass is 32.1. The van der Waals surface area contributed by atoms with E-state index in [0.29, 0.717) is 12.1 Å². The molecule has 112 valence electrons. The normalized spacial score (nSPS) is 11.6. The maximum absolute atomic E-state index is 8.75. The fourth-order valence-corrected chi connectivity index (χ4v) is 2.91. The zero-order valence-electron chi connectivity index (χ0n) is 12.1. The van der Waals surface area contributed by atoms with Crippen LogP contribution in [0.3, 0.4) is 0 Å². The third-order valence-corrected chi connectivity index (χ3v) is 4.28. The minimum atomic E-state index is 0.0907. The predicted octanol–water partition coefficient (Wildman–Crippen LogP) is 2.45. The van der Waals surface area contributed by atoms with Crippen molar-refractivity contribution < 1.29 is 9.94 Å². The Balaban J connectivity index is 2.09. The van der Waals surface area contributed by atoms with E-state index in [4.69, 9.17) is 15.7 Å². The molecule has 0 saturated carbocycles. The fourth-order valence-electron chi connectivity index (χ4n) is 2.03. The minimum absolute atomic E-state index is 0.0907. The summed E-state index contributed by atoms with van der Waals surface area (Å²) in [6, 6.07) is 7.56. The molecule has 0 atom stereocenters. The van der Waals surface area contributed by atoms with Gasteiger partial charge in [0.25, 0.3) is 0 Å². The molecule has 0 bridgehead atoms. The zero-order valence-corrected chi connectivity index (χ0v) is 12.9. The van der Waals surface area contributed by atoms with E-state index < -0.39 is 0 Å². The summed E-state index contributed by atoms with van der Waals surface area (Å²) in [4.78, 5) is 1.32. The monoisotopic (exact) mass is 305 g/mol. The van der Waals surface area contributed by atoms with Gasteiger partial charge in [0.2, 0.25) is 0 Å². The first-order valence-corrected chi connectivity index (χ1v) is 7.42. The van der Waals surface area contributed by atoms with E-state index >= 15 is 0 Å². The summed E-state index contributed by atoms with van der Waals surface area (Å²) in [6.45, 7) is 3.56. The standard InChI is InChI=1S/C15H19N3O2S/c1-10-5-6-21-14(10)9-17-8-12-7-11(15(16)18-19)3-4-13(12)20-2/h3-7,17,19H,8-9H2,1-2H3,(H2,16,18). The second kappa shape index (κ2) is 7.10. The van der Waals surface area contributed by atoms with E-state index in [-0.39, 0.29) is 5.84 Å². The van der Waals surface area contributed by atoms with Crippen LogP contribution in [0.15, 0.2) is 34.8 Å². The Kier molecular flexibility index (Phi) is 5.19. The first kappa shape index (κ1) is 15.3. The number of benzene rings is 1. The highest BCUT2D eigenvalue weighted by Crippen LogP contribution is 2.20. The summed E-state index contributed by atoms with van der Waals surface area (Å²) in [6.07, 6.45) is 0. The molecule has 0 radical (unpaired) electrons. The lowest BCUT2D eigenvalue weighted by atomic mass is 10.1. The largest absolute Gasteiger partial charge is 0.496 e. The molecule has 5 nitrogen and oxygen atoms in total. The molecule has 0 amide bonds. The highest BCUT2D eigenvalue weighted by Gasteiger charge is 2.07. The summed E-state index contributed by atoms with van der Waals surface area (Å²) < 4.78 is 5.34. The molecule has 2 aromatic rings. The number of aryl methyl sites for hydroxylation is 1. The third-order valence-electron chi connectivity index (χ3n) is 3.25. The van der Waals surface area contributed by atoms with Crippen LogP contribution in [0.5, 0.6) is 5.75 Å². The molecule has 0 aliphatic carbocycles. The van der Waals surface area contributed by atoms with Crippen LogP contribution in [-0.4, -0.2) is 18.2 Å². The molecule has 0 saturated heterocycles. The van der Waals surface area contributed by atoms with Gasteiger partial charge in [0.05, 0.1) is 7.11 Å². The topological polar surface area (TPSA) is 79.9 Å². The first-order chi connectivity index (χ1) is 10.2. The Bertz CT molecular complexity index is 638. The Morgan fingerprint density at radius 3 is 2.81 bits per heavy atom. The Hall–Kier alpha value is -2.05. The van der Waals surface area contributed by atoms with Gasteiger partial charge in [-0.2, -0.15) is 0 Å². The van der Waals surface area contributed by atoms with E-state index in [2.05, 4.69) is 28.8 Å². The van der Waals surface area contributed by atoms with E-state index in [1.165, 1.54) is 10.4 Å². The SMILES string of the molecule is COc1ccc(/C(N)=N/O)cc1CNCc1sccc1C. The molecule has 2 rings (SSSR count). The lowest BCUT2D eigenvalue weighted by molar-refractivity contribution is 0.318. The average Bonchev–Trinajstić information content (AvgIpc) is 2.91. The fraction of sp³-hybridized carbons (Fsp3) is 0.267. The summed E-state index contributed by atoms with van der Waals surface area (Å²) in [7, 11) is 1.63. The number of oxime groups is 1. The van der Waals surface area contributed by atoms with Crippen LogP contribution in [0.4, 0.5) is 0 Å². The number of nitrogens with two attached hydrogens (primary N) is 1. The number of thiophene rings is 1. The molecule has 1 heterocycles. The van der Waals surface area contributed by atoms with Crippen molar-refractivity contribution >= 4 is 17.2 Å². The van der Waals surface area contributed by atoms with Gasteiger partial charge < -0.3 is 21.0 Å². The van der Waals surface area contributed by atoms with Gasteiger partial charge in [-0.1, -0.05) is 5.16 Å². The van der Waals surface area contributed by atoms with Crippen molar-refractivity contribution in [2.45, 2.75) is 20.0 Å². The minimum Gasteiger partial charge on any atom is -0.496 e. The van der Waals surface area contributed by atoms with Crippen molar-refractivity contribution in [2.24, 2.45) is 10.9 Å². The Morgan fingerprint density at radius 1 is 1.38 bits per heavy atom. The lowest BCUT2D eigenvalue weighted by Gasteiger charge is -2.11. The molecular weight excluding hydrogens is 286 g/mol. The van der Waals surface area contributed by atoms with Crippen molar-refractivity contribution in [2.75, 3.05) is 7.11 Å². The van der Waals surface area contributed by atoms with E-state index in [9.17, 15) is 0 Å². The van der Waals surface area contributed by atoms with Gasteiger partial charge in [-0.3, -0.25) is 0 Å². The predicted molar refractivity (Wildman–Crippen MR) is 85.1 cm³/mol. The Morgan fingerprint density at radius 2 is 2.19 bits per heavy atom. The van der Waals surface area contributed by atoms with Crippen molar-refractivity contribution in [3.8, 4) is 5.75 Å². The number of ether oxygens (including phenoxy) is 1. The van der Waals surface area contributed by atoms with Gasteiger partial charge in [0, 0.05) is 29.1 Å². The van der Waals surface area contributed by atoms with Gasteiger partial charge in [-0.05, 0) is 42.1 Å². The second-order valence-corrected chi connectivity index (χ2v) is 5.64.